The van der Waals surface area contributed by atoms with Gasteiger partial charge in [-0.1, -0.05) is 0 Å². The van der Waals surface area contributed by atoms with Crippen molar-refractivity contribution in [3.63, 3.8) is 0 Å². The second-order valence-electron chi connectivity index (χ2n) is 3.79. The van der Waals surface area contributed by atoms with Crippen LogP contribution in [0.15, 0.2) is 18.2 Å². The van der Waals surface area contributed by atoms with Crippen molar-refractivity contribution in [2.24, 2.45) is 0 Å². The number of nitrogens with zero attached hydrogens (tertiary/aromatic N) is 1. The molecular weight excluding hydrogens is 206 g/mol. The van der Waals surface area contributed by atoms with Gasteiger partial charge < -0.3 is 9.64 Å². The summed E-state index contributed by atoms with van der Waals surface area (Å²) in [6.07, 6.45) is 1.18. The van der Waals surface area contributed by atoms with E-state index < -0.39 is 0 Å². The standard InChI is InChI=1S/C12H13NO3/c1-13-10-5-3-9(12(15)16-2)7-8(10)4-6-11(13)14/h3,5,7H,4,6H2,1-2H3. The largest absolute Gasteiger partial charge is 0.465 e. The van der Waals surface area contributed by atoms with Crippen molar-refractivity contribution in [2.45, 2.75) is 12.8 Å². The highest BCUT2D eigenvalue weighted by atomic mass is 16.5. The van der Waals surface area contributed by atoms with Crippen molar-refractivity contribution in [2.75, 3.05) is 19.1 Å². The molecule has 4 nitrogen and oxygen atoms in total. The monoisotopic (exact) mass is 219 g/mol. The molecule has 0 radical (unpaired) electrons. The van der Waals surface area contributed by atoms with Crippen molar-refractivity contribution in [3.8, 4) is 0 Å². The SMILES string of the molecule is COC(=O)c1ccc2c(c1)CCC(=O)N2C. The maximum absolute atomic E-state index is 11.5. The minimum absolute atomic E-state index is 0.110. The molecule has 84 valence electrons. The van der Waals surface area contributed by atoms with Crippen LogP contribution in [0, 0.1) is 0 Å². The number of hydrogen-bond donors (Lipinski definition) is 0. The number of rotatable bonds is 1. The topological polar surface area (TPSA) is 46.6 Å². The fraction of sp³-hybridized carbons (Fsp3) is 0.333. The van der Waals surface area contributed by atoms with E-state index in [1.165, 1.54) is 7.11 Å². The molecule has 0 atom stereocenters. The summed E-state index contributed by atoms with van der Waals surface area (Å²) in [5, 5.41) is 0. The summed E-state index contributed by atoms with van der Waals surface area (Å²) < 4.78 is 4.66. The molecule has 1 aliphatic heterocycles. The van der Waals surface area contributed by atoms with E-state index in [9.17, 15) is 9.59 Å². The molecule has 0 fully saturated rings. The first kappa shape index (κ1) is 10.7. The van der Waals surface area contributed by atoms with Crippen molar-refractivity contribution in [1.29, 1.82) is 0 Å². The van der Waals surface area contributed by atoms with Gasteiger partial charge in [0.1, 0.15) is 0 Å². The highest BCUT2D eigenvalue weighted by Crippen LogP contribution is 2.27. The van der Waals surface area contributed by atoms with Crippen LogP contribution in [0.5, 0.6) is 0 Å². The molecule has 0 N–H and O–H groups in total. The molecule has 2 rings (SSSR count). The minimum atomic E-state index is -0.345. The zero-order valence-electron chi connectivity index (χ0n) is 9.32. The van der Waals surface area contributed by atoms with E-state index >= 15 is 0 Å². The number of benzene rings is 1. The predicted octanol–water partition coefficient (Wildman–Crippen LogP) is 1.38. The minimum Gasteiger partial charge on any atom is -0.465 e. The molecule has 0 saturated heterocycles. The van der Waals surface area contributed by atoms with Crippen LogP contribution >= 0.6 is 0 Å². The third-order valence-corrected chi connectivity index (χ3v) is 2.84. The molecule has 1 aromatic rings. The van der Waals surface area contributed by atoms with Gasteiger partial charge in [-0.2, -0.15) is 0 Å². The first-order valence-electron chi connectivity index (χ1n) is 5.11. The number of carbonyl (C=O) groups excluding carboxylic acids is 2. The van der Waals surface area contributed by atoms with Crippen LogP contribution in [-0.4, -0.2) is 26.0 Å². The third kappa shape index (κ3) is 1.66. The highest BCUT2D eigenvalue weighted by molar-refractivity contribution is 5.97. The van der Waals surface area contributed by atoms with Gasteiger partial charge in [-0.05, 0) is 30.2 Å². The number of ether oxygens (including phenoxy) is 1. The molecule has 4 heteroatoms. The number of esters is 1. The average Bonchev–Trinajstić information content (AvgIpc) is 2.32. The van der Waals surface area contributed by atoms with Gasteiger partial charge in [0.15, 0.2) is 0 Å². The van der Waals surface area contributed by atoms with E-state index in [-0.39, 0.29) is 11.9 Å². The van der Waals surface area contributed by atoms with Crippen molar-refractivity contribution in [3.05, 3.63) is 29.3 Å². The van der Waals surface area contributed by atoms with Crippen LogP contribution < -0.4 is 4.90 Å². The molecule has 0 unspecified atom stereocenters. The van der Waals surface area contributed by atoms with Gasteiger partial charge in [-0.15, -0.1) is 0 Å². The lowest BCUT2D eigenvalue weighted by molar-refractivity contribution is -0.118. The summed E-state index contributed by atoms with van der Waals surface area (Å²) in [6, 6.07) is 5.27. The summed E-state index contributed by atoms with van der Waals surface area (Å²) >= 11 is 0. The molecule has 1 aromatic carbocycles. The molecule has 0 bridgehead atoms. The normalized spacial score (nSPS) is 14.6. The Bertz CT molecular complexity index is 454. The second-order valence-corrected chi connectivity index (χ2v) is 3.79. The van der Waals surface area contributed by atoms with Gasteiger partial charge in [0.05, 0.1) is 12.7 Å². The molecule has 0 spiro atoms. The number of aryl methyl sites for hydroxylation is 1. The molecule has 16 heavy (non-hydrogen) atoms. The lowest BCUT2D eigenvalue weighted by Crippen LogP contribution is -2.31. The summed E-state index contributed by atoms with van der Waals surface area (Å²) in [5.74, 6) is -0.235. The zero-order chi connectivity index (χ0) is 11.7. The van der Waals surface area contributed by atoms with Crippen LogP contribution in [-0.2, 0) is 16.0 Å². The van der Waals surface area contributed by atoms with Crippen LogP contribution in [0.4, 0.5) is 5.69 Å². The first-order chi connectivity index (χ1) is 7.63. The van der Waals surface area contributed by atoms with Crippen LogP contribution in [0.1, 0.15) is 22.3 Å². The molecule has 1 aliphatic rings. The quantitative estimate of drug-likeness (QED) is 0.670. The summed E-state index contributed by atoms with van der Waals surface area (Å²) in [5.41, 5.74) is 2.43. The molecule has 0 aromatic heterocycles. The highest BCUT2D eigenvalue weighted by Gasteiger charge is 2.21. The Morgan fingerprint density at radius 2 is 2.12 bits per heavy atom. The van der Waals surface area contributed by atoms with Crippen molar-refractivity contribution in [1.82, 2.24) is 0 Å². The zero-order valence-corrected chi connectivity index (χ0v) is 9.32. The van der Waals surface area contributed by atoms with Gasteiger partial charge in [0, 0.05) is 19.2 Å². The Morgan fingerprint density at radius 1 is 1.38 bits per heavy atom. The number of amides is 1. The molecular formula is C12H13NO3. The van der Waals surface area contributed by atoms with E-state index in [0.29, 0.717) is 18.4 Å². The summed E-state index contributed by atoms with van der Waals surface area (Å²) in [7, 11) is 3.11. The van der Waals surface area contributed by atoms with Crippen LogP contribution in [0.3, 0.4) is 0 Å². The first-order valence-corrected chi connectivity index (χ1v) is 5.11. The smallest absolute Gasteiger partial charge is 0.337 e. The Kier molecular flexibility index (Phi) is 2.64. The molecule has 1 heterocycles. The Labute approximate surface area is 93.8 Å². The predicted molar refractivity (Wildman–Crippen MR) is 59.5 cm³/mol. The van der Waals surface area contributed by atoms with E-state index in [4.69, 9.17) is 0 Å². The van der Waals surface area contributed by atoms with Crippen molar-refractivity contribution < 1.29 is 14.3 Å². The lowest BCUT2D eigenvalue weighted by Gasteiger charge is -2.25. The summed E-state index contributed by atoms with van der Waals surface area (Å²) in [6.45, 7) is 0. The lowest BCUT2D eigenvalue weighted by atomic mass is 9.99. The van der Waals surface area contributed by atoms with Gasteiger partial charge in [-0.25, -0.2) is 4.79 Å². The van der Waals surface area contributed by atoms with Gasteiger partial charge in [-0.3, -0.25) is 4.79 Å². The fourth-order valence-corrected chi connectivity index (χ4v) is 1.90. The van der Waals surface area contributed by atoms with E-state index in [1.807, 2.05) is 0 Å². The fourth-order valence-electron chi connectivity index (χ4n) is 1.90. The third-order valence-electron chi connectivity index (χ3n) is 2.84. The van der Waals surface area contributed by atoms with Crippen LogP contribution in [0.25, 0.3) is 0 Å². The number of hydrogen-bond acceptors (Lipinski definition) is 3. The average molecular weight is 219 g/mol. The van der Waals surface area contributed by atoms with Gasteiger partial charge in [0.2, 0.25) is 5.91 Å². The number of fused-ring (bicyclic) bond motifs is 1. The van der Waals surface area contributed by atoms with E-state index in [0.717, 1.165) is 11.3 Å². The maximum atomic E-state index is 11.5. The Balaban J connectivity index is 2.41. The van der Waals surface area contributed by atoms with Gasteiger partial charge in [0.25, 0.3) is 0 Å². The van der Waals surface area contributed by atoms with E-state index in [2.05, 4.69) is 4.74 Å². The van der Waals surface area contributed by atoms with Gasteiger partial charge >= 0.3 is 5.97 Å². The number of methoxy groups -OCH3 is 1. The molecule has 0 aliphatic carbocycles. The number of carbonyl (C=O) groups is 2. The van der Waals surface area contributed by atoms with Crippen molar-refractivity contribution >= 4 is 17.6 Å². The number of anilines is 1. The maximum Gasteiger partial charge on any atom is 0.337 e. The Morgan fingerprint density at radius 3 is 2.81 bits per heavy atom. The molecule has 1 amide bonds. The Hall–Kier alpha value is -1.84. The second kappa shape index (κ2) is 3.96. The van der Waals surface area contributed by atoms with E-state index in [1.54, 1.807) is 30.1 Å². The summed E-state index contributed by atoms with van der Waals surface area (Å²) in [4.78, 5) is 24.4. The van der Waals surface area contributed by atoms with Crippen LogP contribution in [0.2, 0.25) is 0 Å². The molecule has 0 saturated carbocycles.